The minimum atomic E-state index is -4.14. The zero-order valence-electron chi connectivity index (χ0n) is 7.54. The van der Waals surface area contributed by atoms with E-state index >= 15 is 0 Å². The molecule has 0 aliphatic heterocycles. The molecular weight excluding hydrogens is 233 g/mol. The van der Waals surface area contributed by atoms with E-state index in [1.165, 1.54) is 0 Å². The van der Waals surface area contributed by atoms with Crippen molar-refractivity contribution in [3.63, 3.8) is 0 Å². The van der Waals surface area contributed by atoms with E-state index in [1.807, 2.05) is 0 Å². The zero-order valence-corrected chi connectivity index (χ0v) is 8.44. The summed E-state index contributed by atoms with van der Waals surface area (Å²) in [6.45, 7) is -0.688. The van der Waals surface area contributed by atoms with Gasteiger partial charge in [0.15, 0.2) is 6.29 Å². The van der Waals surface area contributed by atoms with E-state index in [4.69, 9.17) is 34.8 Å². The Morgan fingerprint density at radius 2 is 1.60 bits per heavy atom. The molecule has 0 fully saturated rings. The maximum absolute atomic E-state index is 9.76. The number of nitrogens with two attached hydrogens (primary N) is 1. The Labute approximate surface area is 85.0 Å². The molecule has 0 spiro atoms. The lowest BCUT2D eigenvalue weighted by Gasteiger charge is -2.16. The van der Waals surface area contributed by atoms with Gasteiger partial charge in [0.1, 0.15) is 18.3 Å². The van der Waals surface area contributed by atoms with Crippen LogP contribution in [-0.2, 0) is 9.36 Å². The quantitative estimate of drug-likeness (QED) is 0.194. The fourth-order valence-corrected chi connectivity index (χ4v) is 0.416. The first kappa shape index (κ1) is 17.0. The summed E-state index contributed by atoms with van der Waals surface area (Å²) in [6, 6.07) is 0. The highest BCUT2D eigenvalue weighted by molar-refractivity contribution is 7.49. The van der Waals surface area contributed by atoms with Gasteiger partial charge in [0, 0.05) is 0 Å². The Bertz CT molecular complexity index is 209. The van der Waals surface area contributed by atoms with Crippen molar-refractivity contribution in [2.45, 2.75) is 18.3 Å². The second-order valence-electron chi connectivity index (χ2n) is 2.46. The molecule has 0 aliphatic rings. The van der Waals surface area contributed by atoms with Crippen molar-refractivity contribution in [3.05, 3.63) is 0 Å². The Hall–Kier alpha value is -0.380. The van der Waals surface area contributed by atoms with Gasteiger partial charge in [-0.15, -0.1) is 0 Å². The van der Waals surface area contributed by atoms with Crippen molar-refractivity contribution in [1.29, 1.82) is 0 Å². The van der Waals surface area contributed by atoms with E-state index in [0.717, 1.165) is 0 Å². The maximum Gasteiger partial charge on any atom is 0.397 e. The number of hydrogen-bond acceptors (Lipinski definition) is 6. The summed E-state index contributed by atoms with van der Waals surface area (Å²) in [5.74, 6) is 0. The largest absolute Gasteiger partial charge is 0.397 e. The van der Waals surface area contributed by atoms with E-state index in [9.17, 15) is 4.79 Å². The zero-order chi connectivity index (χ0) is 12.6. The molecule has 0 saturated heterocycles. The van der Waals surface area contributed by atoms with Gasteiger partial charge in [0.25, 0.3) is 0 Å². The number of aldehydes is 1. The van der Waals surface area contributed by atoms with Crippen LogP contribution in [0.25, 0.3) is 0 Å². The Balaban J connectivity index is 0. The lowest BCUT2D eigenvalue weighted by Crippen LogP contribution is -2.40. The van der Waals surface area contributed by atoms with E-state index in [2.05, 4.69) is 5.50 Å². The van der Waals surface area contributed by atoms with Crippen LogP contribution < -0.4 is 5.50 Å². The lowest BCUT2D eigenvalue weighted by molar-refractivity contribution is -0.127. The molecule has 0 heterocycles. The molecule has 0 aromatic carbocycles. The van der Waals surface area contributed by atoms with Crippen LogP contribution in [0.2, 0.25) is 0 Å². The summed E-state index contributed by atoms with van der Waals surface area (Å²) >= 11 is 0. The topological polar surface area (TPSA) is 182 Å². The normalized spacial score (nSPS) is 17.0. The smallest absolute Gasteiger partial charge is 0.394 e. The second-order valence-corrected chi connectivity index (χ2v) is 3.63. The molecule has 3 atom stereocenters. The molecule has 92 valence electrons. The molecule has 0 amide bonds. The Morgan fingerprint density at radius 1 is 1.27 bits per heavy atom. The second kappa shape index (κ2) is 7.85. The molecule has 0 rings (SSSR count). The van der Waals surface area contributed by atoms with E-state index in [-0.39, 0.29) is 6.29 Å². The standard InChI is InChI=1S/C5H10O5.H4NO3P/c6-1-3(8)5(10)4(9)2-7;1-5(2,3)4/h1,3-5,7-10H,2H2;(H4,1,2,3,4). The highest BCUT2D eigenvalue weighted by Crippen LogP contribution is 2.20. The number of carbonyl (C=O) groups excluding carboxylic acids is 1. The minimum Gasteiger partial charge on any atom is -0.394 e. The van der Waals surface area contributed by atoms with Gasteiger partial charge < -0.3 is 35.0 Å². The first-order valence-electron chi connectivity index (χ1n) is 3.58. The molecule has 0 bridgehead atoms. The van der Waals surface area contributed by atoms with Crippen LogP contribution in [0.1, 0.15) is 0 Å². The van der Waals surface area contributed by atoms with Crippen LogP contribution in [-0.4, -0.2) is 61.4 Å². The first-order valence-corrected chi connectivity index (χ1v) is 5.26. The Morgan fingerprint density at radius 3 is 1.80 bits per heavy atom. The molecule has 0 aliphatic carbocycles. The molecule has 0 saturated carbocycles. The van der Waals surface area contributed by atoms with Crippen molar-refractivity contribution in [2.75, 3.05) is 6.61 Å². The minimum absolute atomic E-state index is 0.0869. The summed E-state index contributed by atoms with van der Waals surface area (Å²) in [5, 5.41) is 34.1. The predicted molar refractivity (Wildman–Crippen MR) is 47.4 cm³/mol. The summed E-state index contributed by atoms with van der Waals surface area (Å²) in [7, 11) is -4.14. The number of carbonyl (C=O) groups is 1. The highest BCUT2D eigenvalue weighted by Gasteiger charge is 2.22. The maximum atomic E-state index is 9.76. The third-order valence-electron chi connectivity index (χ3n) is 1.07. The van der Waals surface area contributed by atoms with Gasteiger partial charge >= 0.3 is 7.75 Å². The van der Waals surface area contributed by atoms with E-state index < -0.39 is 32.7 Å². The molecule has 0 aromatic heterocycles. The number of aliphatic hydroxyl groups is 4. The third kappa shape index (κ3) is 13.6. The molecule has 0 aromatic rings. The first-order chi connectivity index (χ1) is 6.63. The van der Waals surface area contributed by atoms with Crippen molar-refractivity contribution in [2.24, 2.45) is 5.50 Å². The number of hydrogen-bond donors (Lipinski definition) is 7. The third-order valence-corrected chi connectivity index (χ3v) is 1.07. The van der Waals surface area contributed by atoms with Crippen molar-refractivity contribution in [3.8, 4) is 0 Å². The van der Waals surface area contributed by atoms with Crippen LogP contribution in [0.5, 0.6) is 0 Å². The van der Waals surface area contributed by atoms with Gasteiger partial charge in [-0.25, -0.2) is 10.1 Å². The molecule has 8 N–H and O–H groups in total. The van der Waals surface area contributed by atoms with E-state index in [1.54, 1.807) is 0 Å². The highest BCUT2D eigenvalue weighted by atomic mass is 31.2. The number of rotatable bonds is 4. The molecule has 10 heteroatoms. The summed E-state index contributed by atoms with van der Waals surface area (Å²) in [6.07, 6.45) is -4.63. The summed E-state index contributed by atoms with van der Waals surface area (Å²) < 4.78 is 9.10. The monoisotopic (exact) mass is 247 g/mol. The molecule has 15 heavy (non-hydrogen) atoms. The summed E-state index contributed by atoms with van der Waals surface area (Å²) in [5.41, 5.74) is 4.02. The van der Waals surface area contributed by atoms with Crippen molar-refractivity contribution in [1.82, 2.24) is 0 Å². The van der Waals surface area contributed by atoms with Gasteiger partial charge in [-0.3, -0.25) is 0 Å². The van der Waals surface area contributed by atoms with Crippen molar-refractivity contribution < 1.29 is 39.6 Å². The SMILES string of the molecule is NP(=O)(O)O.O=CC(O)C(O)C(O)CO. The number of aliphatic hydroxyl groups excluding tert-OH is 4. The van der Waals surface area contributed by atoms with Gasteiger partial charge in [-0.1, -0.05) is 0 Å². The van der Waals surface area contributed by atoms with Crippen LogP contribution >= 0.6 is 7.75 Å². The van der Waals surface area contributed by atoms with Crippen molar-refractivity contribution >= 4 is 14.0 Å². The molecular formula is C5H14NO8P. The lowest BCUT2D eigenvalue weighted by atomic mass is 10.1. The van der Waals surface area contributed by atoms with Crippen LogP contribution in [0.3, 0.4) is 0 Å². The predicted octanol–water partition coefficient (Wildman–Crippen LogP) is -3.70. The van der Waals surface area contributed by atoms with Gasteiger partial charge in [0.2, 0.25) is 0 Å². The van der Waals surface area contributed by atoms with Gasteiger partial charge in [-0.05, 0) is 0 Å². The van der Waals surface area contributed by atoms with Crippen LogP contribution in [0.4, 0.5) is 0 Å². The van der Waals surface area contributed by atoms with E-state index in [0.29, 0.717) is 0 Å². The molecule has 9 nitrogen and oxygen atoms in total. The van der Waals surface area contributed by atoms with Crippen LogP contribution in [0.15, 0.2) is 0 Å². The average Bonchev–Trinajstić information content (AvgIpc) is 2.11. The fourth-order valence-electron chi connectivity index (χ4n) is 0.416. The van der Waals surface area contributed by atoms with Gasteiger partial charge in [-0.2, -0.15) is 0 Å². The summed E-state index contributed by atoms with van der Waals surface area (Å²) in [4.78, 5) is 24.6. The molecule has 0 radical (unpaired) electrons. The fraction of sp³-hybridized carbons (Fsp3) is 0.800. The van der Waals surface area contributed by atoms with Crippen LogP contribution in [0, 0.1) is 0 Å². The Kier molecular flexibility index (Phi) is 8.92. The average molecular weight is 247 g/mol. The van der Waals surface area contributed by atoms with Gasteiger partial charge in [0.05, 0.1) is 6.61 Å². The molecule has 3 unspecified atom stereocenters.